The summed E-state index contributed by atoms with van der Waals surface area (Å²) in [6, 6.07) is -4.75. The van der Waals surface area contributed by atoms with Gasteiger partial charge in [-0.1, -0.05) is 13.8 Å². The lowest BCUT2D eigenvalue weighted by Crippen LogP contribution is -2.58. The van der Waals surface area contributed by atoms with Gasteiger partial charge in [0.25, 0.3) is 0 Å². The molecule has 0 aromatic carbocycles. The molecule has 15 heteroatoms. The summed E-state index contributed by atoms with van der Waals surface area (Å²) in [6.45, 7) is 2.82. The number of aliphatic carboxylic acids is 1. The lowest BCUT2D eigenvalue weighted by atomic mass is 10.0. The molecule has 12 N–H and O–H groups in total. The zero-order valence-electron chi connectivity index (χ0n) is 19.7. The predicted octanol–water partition coefficient (Wildman–Crippen LogP) is -3.48. The van der Waals surface area contributed by atoms with Gasteiger partial charge in [0.2, 0.25) is 17.7 Å². The van der Waals surface area contributed by atoms with Crippen molar-refractivity contribution >= 4 is 29.7 Å². The van der Waals surface area contributed by atoms with Gasteiger partial charge in [0.1, 0.15) is 18.1 Å². The van der Waals surface area contributed by atoms with Gasteiger partial charge in [-0.25, -0.2) is 9.78 Å². The molecule has 0 radical (unpaired) electrons. The van der Waals surface area contributed by atoms with Crippen LogP contribution < -0.4 is 33.2 Å². The van der Waals surface area contributed by atoms with Crippen LogP contribution in [0.25, 0.3) is 0 Å². The highest BCUT2D eigenvalue weighted by Crippen LogP contribution is 2.06. The van der Waals surface area contributed by atoms with Crippen molar-refractivity contribution in [3.05, 3.63) is 18.2 Å². The first-order chi connectivity index (χ1) is 16.5. The Labute approximate surface area is 202 Å². The van der Waals surface area contributed by atoms with E-state index in [1.54, 1.807) is 13.8 Å². The maximum atomic E-state index is 13.1. The van der Waals surface area contributed by atoms with Gasteiger partial charge in [0.05, 0.1) is 19.0 Å². The minimum atomic E-state index is -1.57. The summed E-state index contributed by atoms with van der Waals surface area (Å²) in [5.74, 6) is -3.88. The third kappa shape index (κ3) is 10.4. The van der Waals surface area contributed by atoms with Gasteiger partial charge in [0, 0.05) is 24.9 Å². The van der Waals surface area contributed by atoms with Crippen LogP contribution in [0.4, 0.5) is 0 Å². The number of hydrogen-bond donors (Lipinski definition) is 9. The number of nitrogens with one attached hydrogen (secondary N) is 4. The average Bonchev–Trinajstić information content (AvgIpc) is 3.30. The molecule has 196 valence electrons. The van der Waals surface area contributed by atoms with Gasteiger partial charge in [-0.3, -0.25) is 19.4 Å². The van der Waals surface area contributed by atoms with E-state index in [4.69, 9.17) is 22.3 Å². The third-order valence-corrected chi connectivity index (χ3v) is 5.01. The molecule has 0 aliphatic rings. The molecule has 1 rings (SSSR count). The summed E-state index contributed by atoms with van der Waals surface area (Å²) in [6.07, 6.45) is 3.23. The number of amides is 3. The monoisotopic (exact) mass is 497 g/mol. The van der Waals surface area contributed by atoms with Crippen molar-refractivity contribution < 1.29 is 29.4 Å². The van der Waals surface area contributed by atoms with Crippen LogP contribution in [0, 0.1) is 5.92 Å². The Morgan fingerprint density at radius 2 is 1.66 bits per heavy atom. The Morgan fingerprint density at radius 3 is 2.17 bits per heavy atom. The van der Waals surface area contributed by atoms with E-state index < -0.39 is 54.5 Å². The van der Waals surface area contributed by atoms with Crippen LogP contribution in [0.1, 0.15) is 32.4 Å². The van der Waals surface area contributed by atoms with E-state index in [-0.39, 0.29) is 37.7 Å². The standard InChI is InChI=1S/C20H35N9O6/c1-10(2)15(21)18(33)28-13(6-11-7-24-9-26-11)17(32)27-12(4-3-5-25-20(22)23)16(31)29-14(8-30)19(34)35/h7,9-10,12-15,30H,3-6,8,21H2,1-2H3,(H,24,26)(H,27,32)(H,28,33)(H,29,31)(H,34,35)(H4,22,23,25). The Bertz CT molecular complexity index is 870. The summed E-state index contributed by atoms with van der Waals surface area (Å²) >= 11 is 0. The van der Waals surface area contributed by atoms with E-state index in [0.717, 1.165) is 0 Å². The van der Waals surface area contributed by atoms with Crippen LogP contribution in [-0.2, 0) is 25.6 Å². The van der Waals surface area contributed by atoms with Gasteiger partial charge in [-0.2, -0.15) is 0 Å². The summed E-state index contributed by atoms with van der Waals surface area (Å²) in [5.41, 5.74) is 17.0. The summed E-state index contributed by atoms with van der Waals surface area (Å²) in [4.78, 5) is 60.1. The number of hydrogen-bond acceptors (Lipinski definition) is 8. The number of nitrogens with zero attached hydrogens (tertiary/aromatic N) is 2. The number of aromatic amines is 1. The van der Waals surface area contributed by atoms with Gasteiger partial charge in [0.15, 0.2) is 5.96 Å². The highest BCUT2D eigenvalue weighted by Gasteiger charge is 2.30. The highest BCUT2D eigenvalue weighted by molar-refractivity contribution is 5.94. The molecule has 1 aromatic heterocycles. The molecule has 4 unspecified atom stereocenters. The molecule has 0 saturated heterocycles. The largest absolute Gasteiger partial charge is 0.480 e. The topological polar surface area (TPSA) is 264 Å². The number of carboxylic acids is 1. The number of imidazole rings is 1. The summed E-state index contributed by atoms with van der Waals surface area (Å²) in [7, 11) is 0. The van der Waals surface area contributed by atoms with Crippen molar-refractivity contribution in [1.29, 1.82) is 0 Å². The number of aliphatic hydroxyl groups excluding tert-OH is 1. The Morgan fingerprint density at radius 1 is 1.06 bits per heavy atom. The van der Waals surface area contributed by atoms with Crippen LogP contribution in [-0.4, -0.2) is 87.2 Å². The quantitative estimate of drug-likeness (QED) is 0.0656. The van der Waals surface area contributed by atoms with Crippen molar-refractivity contribution in [3.8, 4) is 0 Å². The minimum absolute atomic E-state index is 0.0269. The first-order valence-electron chi connectivity index (χ1n) is 11.0. The van der Waals surface area contributed by atoms with Gasteiger partial charge >= 0.3 is 5.97 Å². The first-order valence-corrected chi connectivity index (χ1v) is 11.0. The third-order valence-electron chi connectivity index (χ3n) is 5.01. The Kier molecular flexibility index (Phi) is 12.2. The Balaban J connectivity index is 3.06. The molecule has 1 heterocycles. The van der Waals surface area contributed by atoms with Gasteiger partial charge < -0.3 is 48.3 Å². The van der Waals surface area contributed by atoms with E-state index in [9.17, 15) is 24.3 Å². The lowest BCUT2D eigenvalue weighted by Gasteiger charge is -2.25. The highest BCUT2D eigenvalue weighted by atomic mass is 16.4. The number of aliphatic imine (C=N–C) groups is 1. The number of rotatable bonds is 15. The molecular formula is C20H35N9O6. The van der Waals surface area contributed by atoms with Crippen molar-refractivity contribution in [1.82, 2.24) is 25.9 Å². The van der Waals surface area contributed by atoms with E-state index in [0.29, 0.717) is 5.69 Å². The molecule has 35 heavy (non-hydrogen) atoms. The molecule has 15 nitrogen and oxygen atoms in total. The van der Waals surface area contributed by atoms with Gasteiger partial charge in [-0.15, -0.1) is 0 Å². The fourth-order valence-electron chi connectivity index (χ4n) is 2.90. The number of aromatic nitrogens is 2. The first kappa shape index (κ1) is 29.3. The number of carbonyl (C=O) groups excluding carboxylic acids is 3. The van der Waals surface area contributed by atoms with Crippen LogP contribution in [0.2, 0.25) is 0 Å². The number of guanidine groups is 1. The second kappa shape index (κ2) is 14.5. The fourth-order valence-corrected chi connectivity index (χ4v) is 2.90. The normalized spacial score (nSPS) is 14.3. The zero-order chi connectivity index (χ0) is 26.5. The van der Waals surface area contributed by atoms with Crippen LogP contribution >= 0.6 is 0 Å². The molecular weight excluding hydrogens is 462 g/mol. The number of H-pyrrole nitrogens is 1. The van der Waals surface area contributed by atoms with Crippen molar-refractivity contribution in [2.45, 2.75) is 57.3 Å². The SMILES string of the molecule is CC(C)C(N)C(=O)NC(Cc1cnc[nH]1)C(=O)NC(CCCN=C(N)N)C(=O)NC(CO)C(=O)O. The maximum absolute atomic E-state index is 13.1. The molecule has 0 aliphatic carbocycles. The van der Waals surface area contributed by atoms with Crippen molar-refractivity contribution in [2.75, 3.05) is 13.2 Å². The summed E-state index contributed by atoms with van der Waals surface area (Å²) in [5, 5.41) is 25.6. The fraction of sp³-hybridized carbons (Fsp3) is 0.600. The molecule has 1 aromatic rings. The lowest BCUT2D eigenvalue weighted by molar-refractivity contribution is -0.143. The van der Waals surface area contributed by atoms with Crippen molar-refractivity contribution in [3.63, 3.8) is 0 Å². The molecule has 0 aliphatic heterocycles. The minimum Gasteiger partial charge on any atom is -0.480 e. The Hall–Kier alpha value is -3.72. The molecule has 0 bridgehead atoms. The molecule has 0 saturated carbocycles. The number of nitrogens with two attached hydrogens (primary N) is 3. The van der Waals surface area contributed by atoms with Crippen LogP contribution in [0.5, 0.6) is 0 Å². The van der Waals surface area contributed by atoms with Crippen LogP contribution in [0.3, 0.4) is 0 Å². The predicted molar refractivity (Wildman–Crippen MR) is 126 cm³/mol. The summed E-state index contributed by atoms with van der Waals surface area (Å²) < 4.78 is 0. The second-order valence-electron chi connectivity index (χ2n) is 8.20. The average molecular weight is 498 g/mol. The number of carbonyl (C=O) groups is 4. The maximum Gasteiger partial charge on any atom is 0.328 e. The number of carboxylic acid groups (broad SMARTS) is 1. The molecule has 4 atom stereocenters. The molecule has 0 fully saturated rings. The number of aliphatic hydroxyl groups is 1. The van der Waals surface area contributed by atoms with Crippen molar-refractivity contribution in [2.24, 2.45) is 28.1 Å². The van der Waals surface area contributed by atoms with E-state index in [1.807, 2.05) is 0 Å². The smallest absolute Gasteiger partial charge is 0.328 e. The molecule has 3 amide bonds. The molecule has 0 spiro atoms. The van der Waals surface area contributed by atoms with E-state index >= 15 is 0 Å². The van der Waals surface area contributed by atoms with Crippen LogP contribution in [0.15, 0.2) is 17.5 Å². The second-order valence-corrected chi connectivity index (χ2v) is 8.20. The van der Waals surface area contributed by atoms with Gasteiger partial charge in [-0.05, 0) is 18.8 Å². The zero-order valence-corrected chi connectivity index (χ0v) is 19.7. The van der Waals surface area contributed by atoms with E-state index in [1.165, 1.54) is 12.5 Å². The van der Waals surface area contributed by atoms with E-state index in [2.05, 4.69) is 30.9 Å².